The molecular weight excluding hydrogens is 776 g/mol. The standard InChI is InChI=1S/C51H43N5.Nb/c1-34-16-9-12-24-45(34)56-47-26-14-10-21-40(47)42-30-38(28-29-48(42)56)39-23-15-27-49-50(39)41-22-11-13-25-46(41)55(49)33-52-32-35(2)43-31-44(36-17-5-3-6-18-36)54-51(53-43)37-19-7-4-8-20-37;/h4-5,7-14,16-21,23,25-26,28-32,41,45H,2-3,6,15,22,24,27H2,1H3;/q-2;+2/b35-32+;. The van der Waals surface area contributed by atoms with Crippen LogP contribution in [0.15, 0.2) is 173 Å². The van der Waals surface area contributed by atoms with Gasteiger partial charge in [0.05, 0.1) is 11.7 Å². The van der Waals surface area contributed by atoms with Gasteiger partial charge in [-0.15, -0.1) is 5.57 Å². The van der Waals surface area contributed by atoms with Gasteiger partial charge in [-0.1, -0.05) is 144 Å². The largest absolute Gasteiger partial charge is 2.00 e. The molecule has 4 aliphatic carbocycles. The molecular formula is C51H43N5Nb. The molecule has 0 saturated carbocycles. The fourth-order valence-electron chi connectivity index (χ4n) is 9.09. The van der Waals surface area contributed by atoms with Crippen molar-refractivity contribution in [3.8, 4) is 11.4 Å². The molecule has 2 atom stereocenters. The minimum Gasteiger partial charge on any atom is -0.426 e. The summed E-state index contributed by atoms with van der Waals surface area (Å²) < 4.78 is 2.55. The molecule has 0 fully saturated rings. The number of fused-ring (bicyclic) bond motifs is 5. The summed E-state index contributed by atoms with van der Waals surface area (Å²) in [5.74, 6) is 0.931. The second kappa shape index (κ2) is 15.7. The number of benzene rings is 3. The second-order valence-corrected chi connectivity index (χ2v) is 15.2. The summed E-state index contributed by atoms with van der Waals surface area (Å²) in [5, 5.41) is 2.62. The fraction of sp³-hybridized carbons (Fsp3) is 0.176. The van der Waals surface area contributed by atoms with E-state index in [-0.39, 0.29) is 28.3 Å². The van der Waals surface area contributed by atoms with Crippen LogP contribution in [0, 0.1) is 12.8 Å². The third-order valence-corrected chi connectivity index (χ3v) is 11.8. The van der Waals surface area contributed by atoms with Gasteiger partial charge in [0, 0.05) is 33.7 Å². The first-order valence-corrected chi connectivity index (χ1v) is 19.9. The van der Waals surface area contributed by atoms with Crippen LogP contribution < -0.4 is 0 Å². The summed E-state index contributed by atoms with van der Waals surface area (Å²) in [6.45, 7) is 6.68. The number of nitrogens with zero attached hydrogens (tertiary/aromatic N) is 5. The minimum absolute atomic E-state index is 0. The van der Waals surface area contributed by atoms with E-state index in [1.165, 1.54) is 55.5 Å². The van der Waals surface area contributed by atoms with Crippen molar-refractivity contribution in [2.75, 3.05) is 0 Å². The Hall–Kier alpha value is -5.72. The molecule has 277 valence electrons. The Morgan fingerprint density at radius 1 is 0.825 bits per heavy atom. The van der Waals surface area contributed by atoms with E-state index in [2.05, 4.69) is 133 Å². The van der Waals surface area contributed by atoms with Gasteiger partial charge in [-0.25, -0.2) is 4.98 Å². The molecule has 0 N–H and O–H groups in total. The van der Waals surface area contributed by atoms with Gasteiger partial charge in [0.15, 0.2) is 0 Å². The molecule has 0 saturated heterocycles. The average Bonchev–Trinajstić information content (AvgIpc) is 3.76. The van der Waals surface area contributed by atoms with Gasteiger partial charge in [-0.3, -0.25) is 4.98 Å². The van der Waals surface area contributed by atoms with Crippen molar-refractivity contribution in [3.63, 3.8) is 0 Å². The maximum atomic E-state index is 4.96. The smallest absolute Gasteiger partial charge is 0.426 e. The maximum absolute atomic E-state index is 4.96. The van der Waals surface area contributed by atoms with Gasteiger partial charge in [0.1, 0.15) is 5.82 Å². The van der Waals surface area contributed by atoms with Crippen LogP contribution in [0.1, 0.15) is 68.4 Å². The van der Waals surface area contributed by atoms with Crippen molar-refractivity contribution in [3.05, 3.63) is 192 Å². The molecule has 1 radical (unpaired) electrons. The summed E-state index contributed by atoms with van der Waals surface area (Å²) in [5.41, 5.74) is 14.9. The summed E-state index contributed by atoms with van der Waals surface area (Å²) in [6, 6.07) is 28.5. The van der Waals surface area contributed by atoms with Crippen LogP contribution in [0.25, 0.3) is 49.9 Å². The molecule has 0 spiro atoms. The molecule has 5 aliphatic rings. The van der Waals surface area contributed by atoms with Gasteiger partial charge < -0.3 is 14.5 Å². The first-order valence-electron chi connectivity index (χ1n) is 19.9. The van der Waals surface area contributed by atoms with Gasteiger partial charge in [0.25, 0.3) is 0 Å². The van der Waals surface area contributed by atoms with Crippen LogP contribution in [0.4, 0.5) is 0 Å². The number of rotatable bonds is 7. The Morgan fingerprint density at radius 3 is 2.51 bits per heavy atom. The fourth-order valence-corrected chi connectivity index (χ4v) is 9.09. The van der Waals surface area contributed by atoms with Crippen molar-refractivity contribution >= 4 is 44.9 Å². The predicted octanol–water partition coefficient (Wildman–Crippen LogP) is 12.4. The molecule has 1 aliphatic heterocycles. The van der Waals surface area contributed by atoms with Crippen LogP contribution in [-0.2, 0) is 22.4 Å². The zero-order valence-electron chi connectivity index (χ0n) is 32.1. The van der Waals surface area contributed by atoms with Gasteiger partial charge >= 0.3 is 22.4 Å². The van der Waals surface area contributed by atoms with E-state index < -0.39 is 0 Å². The van der Waals surface area contributed by atoms with E-state index in [9.17, 15) is 0 Å². The number of allylic oxidation sites excluding steroid dienone is 16. The predicted molar refractivity (Wildman–Crippen MR) is 232 cm³/mol. The van der Waals surface area contributed by atoms with E-state index in [0.717, 1.165) is 61.0 Å². The maximum Gasteiger partial charge on any atom is 2.00 e. The van der Waals surface area contributed by atoms with Crippen LogP contribution in [0.5, 0.6) is 0 Å². The first kappa shape index (κ1) is 36.9. The van der Waals surface area contributed by atoms with E-state index in [1.807, 2.05) is 36.4 Å². The molecule has 0 bridgehead atoms. The molecule has 0 amide bonds. The van der Waals surface area contributed by atoms with Crippen molar-refractivity contribution in [2.45, 2.75) is 51.5 Å². The molecule has 3 aromatic carbocycles. The molecule has 2 aromatic heterocycles. The Morgan fingerprint density at radius 2 is 1.65 bits per heavy atom. The number of hydrogen-bond acceptors (Lipinski definition) is 3. The number of aliphatic imine (C=N–C) groups is 1. The van der Waals surface area contributed by atoms with Crippen LogP contribution in [-0.4, -0.2) is 25.8 Å². The number of hydrogen-bond donors (Lipinski definition) is 0. The van der Waals surface area contributed by atoms with Gasteiger partial charge in [0.2, 0.25) is 0 Å². The Labute approximate surface area is 350 Å². The number of para-hydroxylation sites is 1. The molecule has 10 rings (SSSR count). The van der Waals surface area contributed by atoms with Gasteiger partial charge in [-0.2, -0.15) is 6.92 Å². The Kier molecular flexibility index (Phi) is 10.1. The average molecular weight is 819 g/mol. The molecule has 5 nitrogen and oxygen atoms in total. The normalized spacial score (nSPS) is 20.4. The molecule has 5 aromatic rings. The van der Waals surface area contributed by atoms with E-state index in [4.69, 9.17) is 15.0 Å². The summed E-state index contributed by atoms with van der Waals surface area (Å²) >= 11 is 0. The van der Waals surface area contributed by atoms with Gasteiger partial charge in [-0.05, 0) is 97.7 Å². The van der Waals surface area contributed by atoms with Crippen molar-refractivity contribution < 1.29 is 22.4 Å². The topological polar surface area (TPSA) is 46.3 Å². The molecule has 2 unspecified atom stereocenters. The van der Waals surface area contributed by atoms with E-state index in [1.54, 1.807) is 6.20 Å². The van der Waals surface area contributed by atoms with E-state index in [0.29, 0.717) is 17.4 Å². The van der Waals surface area contributed by atoms with Crippen molar-refractivity contribution in [1.29, 1.82) is 0 Å². The van der Waals surface area contributed by atoms with Crippen molar-refractivity contribution in [2.24, 2.45) is 10.9 Å². The summed E-state index contributed by atoms with van der Waals surface area (Å²) in [4.78, 5) is 16.9. The second-order valence-electron chi connectivity index (χ2n) is 15.2. The summed E-state index contributed by atoms with van der Waals surface area (Å²) in [7, 11) is 0. The Balaban J connectivity index is 0.00000422. The SMILES string of the molecule is [CH2-]/C(=C\N=[C-]N1C2=CC=CCC2C2=C1CCC=C2c1ccc2c(c1)c1ccccc1n2C1CC=CC=C1C)c1cc(C2=CCCC=C2)nc(-c2ccccc2)n1.[Nb+2]. The molecule has 57 heavy (non-hydrogen) atoms. The van der Waals surface area contributed by atoms with Crippen molar-refractivity contribution in [1.82, 2.24) is 19.4 Å². The first-order chi connectivity index (χ1) is 27.6. The number of aromatic nitrogens is 3. The van der Waals surface area contributed by atoms with Crippen LogP contribution >= 0.6 is 0 Å². The monoisotopic (exact) mass is 818 g/mol. The minimum atomic E-state index is 0. The zero-order valence-corrected chi connectivity index (χ0v) is 34.3. The quantitative estimate of drug-likeness (QED) is 0.0711. The van der Waals surface area contributed by atoms with Crippen LogP contribution in [0.3, 0.4) is 0 Å². The Bertz CT molecular complexity index is 2730. The third kappa shape index (κ3) is 6.70. The summed E-state index contributed by atoms with van der Waals surface area (Å²) in [6.07, 6.45) is 33.7. The zero-order chi connectivity index (χ0) is 37.6. The van der Waals surface area contributed by atoms with Crippen LogP contribution in [0.2, 0.25) is 0 Å². The third-order valence-electron chi connectivity index (χ3n) is 11.8. The van der Waals surface area contributed by atoms with E-state index >= 15 is 0 Å². The molecule has 6 heteroatoms. The molecule has 3 heterocycles.